The molecule has 51 heavy (non-hydrogen) atoms. The maximum Gasteiger partial charge on any atom is 0.416 e. The number of hydrogen-bond acceptors (Lipinski definition) is 3. The van der Waals surface area contributed by atoms with Gasteiger partial charge in [-0.05, 0) is 62.0 Å². The summed E-state index contributed by atoms with van der Waals surface area (Å²) in [4.78, 5) is 16.2. The Labute approximate surface area is 311 Å². The predicted octanol–water partition coefficient (Wildman–Crippen LogP) is 12.4. The van der Waals surface area contributed by atoms with Crippen LogP contribution in [-0.2, 0) is 36.5 Å². The van der Waals surface area contributed by atoms with Gasteiger partial charge in [-0.1, -0.05) is 115 Å². The molecule has 0 fully saturated rings. The molecule has 0 bridgehead atoms. The summed E-state index contributed by atoms with van der Waals surface area (Å²) < 4.78 is 40.6. The maximum absolute atomic E-state index is 13.5. The first-order valence-electron chi connectivity index (χ1n) is 16.7. The molecular weight excluding hydrogens is 824 g/mol. The quantitative estimate of drug-likeness (QED) is 0.0816. The normalized spacial score (nSPS) is 14.1. The molecule has 1 aliphatic rings. The van der Waals surface area contributed by atoms with Gasteiger partial charge in [0.2, 0.25) is 0 Å². The number of hydrogen-bond donors (Lipinski definition) is 1. The molecule has 0 atom stereocenters. The van der Waals surface area contributed by atoms with Crippen LogP contribution in [0.3, 0.4) is 0 Å². The van der Waals surface area contributed by atoms with Crippen molar-refractivity contribution in [2.45, 2.75) is 67.0 Å². The number of nitrogens with zero attached hydrogens (tertiary/aromatic N) is 1. The summed E-state index contributed by atoms with van der Waals surface area (Å²) in [7, 11) is 0. The summed E-state index contributed by atoms with van der Waals surface area (Å²) in [5.41, 5.74) is 3.50. The zero-order valence-electron chi connectivity index (χ0n) is 30.0. The Balaban J connectivity index is 0.000000310. The van der Waals surface area contributed by atoms with Crippen molar-refractivity contribution in [3.8, 4) is 22.4 Å². The molecule has 1 aromatic heterocycles. The van der Waals surface area contributed by atoms with Crippen LogP contribution in [0.2, 0.25) is 0 Å². The van der Waals surface area contributed by atoms with Crippen LogP contribution in [0.5, 0.6) is 0 Å². The van der Waals surface area contributed by atoms with Gasteiger partial charge in [-0.2, -0.15) is 13.2 Å². The molecule has 3 nitrogen and oxygen atoms in total. The Bertz CT molecular complexity index is 2340. The van der Waals surface area contributed by atoms with E-state index in [0.29, 0.717) is 5.56 Å². The Kier molecular flexibility index (Phi) is 9.92. The van der Waals surface area contributed by atoms with Gasteiger partial charge in [-0.25, -0.2) is 0 Å². The van der Waals surface area contributed by atoms with Crippen molar-refractivity contribution in [2.75, 3.05) is 0 Å². The van der Waals surface area contributed by atoms with Crippen molar-refractivity contribution in [3.63, 3.8) is 0 Å². The second-order valence-corrected chi connectivity index (χ2v) is 15.6. The molecular formula is C44H41F3IrNO2-. The molecule has 6 aromatic rings. The standard InChI is InChI=1S/C33H21F3N.C11H20O2.Ir/c1-32(2)29-18-22(33(34,35)36)9-10-25(29)27-12-11-23-24-15-16-37-31(28(24)14-13-26(23)30(27)32)21-8-7-19-5-3-4-6-20(19)17-21;1-10(2,3)8(12)7-9(13)11(4,5)6;/h3-16,18H,1-2H3;7,12H,1-6H3;/q-1;;/b;8-7-;. The van der Waals surface area contributed by atoms with Crippen LogP contribution < -0.4 is 0 Å². The number of carbonyl (C=O) groups is 1. The summed E-state index contributed by atoms with van der Waals surface area (Å²) in [5.74, 6) is 0.104. The third-order valence-corrected chi connectivity index (χ3v) is 9.57. The van der Waals surface area contributed by atoms with Gasteiger partial charge in [-0.3, -0.25) is 9.78 Å². The summed E-state index contributed by atoms with van der Waals surface area (Å²) in [6, 6.07) is 30.3. The fourth-order valence-corrected chi connectivity index (χ4v) is 6.60. The number of halogens is 3. The molecule has 0 unspecified atom stereocenters. The maximum atomic E-state index is 13.5. The van der Waals surface area contributed by atoms with Crippen LogP contribution in [0, 0.1) is 16.9 Å². The van der Waals surface area contributed by atoms with E-state index in [9.17, 15) is 23.1 Å². The van der Waals surface area contributed by atoms with Gasteiger partial charge in [0.1, 0.15) is 5.76 Å². The molecule has 0 saturated heterocycles. The third kappa shape index (κ3) is 7.11. The van der Waals surface area contributed by atoms with Gasteiger partial charge in [-0.15, -0.1) is 29.7 Å². The Morgan fingerprint density at radius 3 is 2.06 bits per heavy atom. The van der Waals surface area contributed by atoms with E-state index >= 15 is 0 Å². The van der Waals surface area contributed by atoms with Gasteiger partial charge in [0.15, 0.2) is 5.78 Å². The number of alkyl halides is 3. The second-order valence-electron chi connectivity index (χ2n) is 15.6. The number of allylic oxidation sites excluding steroid dienone is 2. The average Bonchev–Trinajstić information content (AvgIpc) is 3.29. The molecule has 1 radical (unpaired) electrons. The second kappa shape index (κ2) is 13.3. The van der Waals surface area contributed by atoms with E-state index in [2.05, 4.69) is 48.5 Å². The number of ketones is 1. The molecule has 7 rings (SSSR count). The zero-order valence-corrected chi connectivity index (χ0v) is 32.4. The molecule has 0 spiro atoms. The van der Waals surface area contributed by atoms with Crippen molar-refractivity contribution in [1.29, 1.82) is 0 Å². The summed E-state index contributed by atoms with van der Waals surface area (Å²) in [6.45, 7) is 15.1. The van der Waals surface area contributed by atoms with Gasteiger partial charge in [0, 0.05) is 54.3 Å². The number of aromatic nitrogens is 1. The van der Waals surface area contributed by atoms with E-state index in [0.717, 1.165) is 60.3 Å². The first kappa shape index (κ1) is 37.9. The van der Waals surface area contributed by atoms with Crippen LogP contribution in [0.15, 0.2) is 103 Å². The van der Waals surface area contributed by atoms with Crippen LogP contribution in [-0.4, -0.2) is 15.9 Å². The van der Waals surface area contributed by atoms with E-state index in [1.54, 1.807) is 6.07 Å². The van der Waals surface area contributed by atoms with Crippen molar-refractivity contribution in [2.24, 2.45) is 10.8 Å². The molecule has 0 saturated carbocycles. The zero-order chi connectivity index (χ0) is 36.4. The van der Waals surface area contributed by atoms with Crippen molar-refractivity contribution in [3.05, 3.63) is 126 Å². The summed E-state index contributed by atoms with van der Waals surface area (Å²) in [6.07, 6.45) is -1.22. The summed E-state index contributed by atoms with van der Waals surface area (Å²) >= 11 is 0. The van der Waals surface area contributed by atoms with Crippen LogP contribution in [0.4, 0.5) is 13.2 Å². The van der Waals surface area contributed by atoms with Crippen LogP contribution >= 0.6 is 0 Å². The largest absolute Gasteiger partial charge is 0.512 e. The minimum atomic E-state index is -4.37. The van der Waals surface area contributed by atoms with E-state index < -0.39 is 22.6 Å². The molecule has 1 aliphatic carbocycles. The van der Waals surface area contributed by atoms with E-state index in [1.165, 1.54) is 18.2 Å². The Morgan fingerprint density at radius 1 is 0.765 bits per heavy atom. The minimum Gasteiger partial charge on any atom is -0.512 e. The summed E-state index contributed by atoms with van der Waals surface area (Å²) in [5, 5.41) is 15.9. The number of aliphatic hydroxyl groups excluding tert-OH is 1. The number of aliphatic hydroxyl groups is 1. The number of fused-ring (bicyclic) bond motifs is 8. The molecule has 265 valence electrons. The first-order valence-corrected chi connectivity index (χ1v) is 16.7. The number of carbonyl (C=O) groups excluding carboxylic acids is 1. The van der Waals surface area contributed by atoms with Gasteiger partial charge in [0.05, 0.1) is 5.56 Å². The molecule has 0 amide bonds. The molecule has 1 N–H and O–H groups in total. The predicted molar refractivity (Wildman–Crippen MR) is 198 cm³/mol. The van der Waals surface area contributed by atoms with Crippen molar-refractivity contribution >= 4 is 38.1 Å². The van der Waals surface area contributed by atoms with Gasteiger partial charge >= 0.3 is 6.18 Å². The van der Waals surface area contributed by atoms with E-state index in [1.807, 2.05) is 85.9 Å². The molecule has 1 heterocycles. The Morgan fingerprint density at radius 2 is 1.39 bits per heavy atom. The van der Waals surface area contributed by atoms with Crippen LogP contribution in [0.1, 0.15) is 72.1 Å². The monoisotopic (exact) mass is 865 g/mol. The number of benzene rings is 5. The minimum absolute atomic E-state index is 0. The average molecular weight is 865 g/mol. The van der Waals surface area contributed by atoms with Gasteiger partial charge in [0.25, 0.3) is 0 Å². The Hall–Kier alpha value is -4.32. The first-order chi connectivity index (χ1) is 23.3. The van der Waals surface area contributed by atoms with Crippen LogP contribution in [0.25, 0.3) is 54.7 Å². The van der Waals surface area contributed by atoms with E-state index in [-0.39, 0.29) is 37.1 Å². The van der Waals surface area contributed by atoms with Gasteiger partial charge < -0.3 is 5.11 Å². The fourth-order valence-electron chi connectivity index (χ4n) is 6.60. The molecule has 5 aromatic carbocycles. The van der Waals surface area contributed by atoms with Crippen molar-refractivity contribution < 1.29 is 43.2 Å². The van der Waals surface area contributed by atoms with Crippen molar-refractivity contribution in [1.82, 2.24) is 4.98 Å². The topological polar surface area (TPSA) is 50.2 Å². The third-order valence-electron chi connectivity index (χ3n) is 9.57. The smallest absolute Gasteiger partial charge is 0.416 e. The number of rotatable bonds is 2. The SMILES string of the molecule is CC(C)(C)C(=O)/C=C(\O)C(C)(C)C.CC1(C)c2cc(C(F)(F)F)ccc2-c2ccc3c(ccc4c(-c5[c-]c6ccccc6cc5)nccc43)c21.[Ir]. The van der Waals surface area contributed by atoms with E-state index in [4.69, 9.17) is 4.98 Å². The fraction of sp³-hybridized carbons (Fsp3) is 0.273. The molecule has 0 aliphatic heterocycles. The molecule has 7 heteroatoms. The number of pyridine rings is 1.